The quantitative estimate of drug-likeness (QED) is 0.609. The van der Waals surface area contributed by atoms with E-state index in [0.717, 1.165) is 24.6 Å². The van der Waals surface area contributed by atoms with Gasteiger partial charge in [-0.2, -0.15) is 0 Å². The maximum absolute atomic E-state index is 7.82. The maximum atomic E-state index is 7.82. The minimum absolute atomic E-state index is 0.0209. The fraction of sp³-hybridized carbons (Fsp3) is 0.562. The number of nitrogens with one attached hydrogen (secondary N) is 1. The number of benzene rings is 1. The van der Waals surface area contributed by atoms with Crippen LogP contribution in [0, 0.1) is 11.3 Å². The van der Waals surface area contributed by atoms with Gasteiger partial charge in [0, 0.05) is 13.1 Å². The van der Waals surface area contributed by atoms with Crippen molar-refractivity contribution in [1.29, 1.82) is 5.41 Å². The molecular weight excluding hydrogens is 234 g/mol. The Morgan fingerprint density at radius 2 is 1.95 bits per heavy atom. The van der Waals surface area contributed by atoms with Crippen molar-refractivity contribution in [3.8, 4) is 0 Å². The van der Waals surface area contributed by atoms with Gasteiger partial charge in [0.15, 0.2) is 0 Å². The summed E-state index contributed by atoms with van der Waals surface area (Å²) < 4.78 is 0. The van der Waals surface area contributed by atoms with Crippen molar-refractivity contribution in [2.45, 2.75) is 31.6 Å². The van der Waals surface area contributed by atoms with Crippen LogP contribution in [0.1, 0.15) is 37.2 Å². The van der Waals surface area contributed by atoms with E-state index in [1.165, 1.54) is 25.7 Å². The molecule has 1 fully saturated rings. The third kappa shape index (κ3) is 4.06. The van der Waals surface area contributed by atoms with Crippen molar-refractivity contribution in [3.63, 3.8) is 0 Å². The summed E-state index contributed by atoms with van der Waals surface area (Å²) in [7, 11) is 2.15. The first-order valence-corrected chi connectivity index (χ1v) is 7.24. The Labute approximate surface area is 116 Å². The molecule has 3 nitrogen and oxygen atoms in total. The van der Waals surface area contributed by atoms with Crippen LogP contribution in [-0.2, 0) is 0 Å². The molecule has 3 heteroatoms. The molecule has 0 amide bonds. The zero-order chi connectivity index (χ0) is 13.7. The first-order chi connectivity index (χ1) is 9.16. The predicted molar refractivity (Wildman–Crippen MR) is 80.6 cm³/mol. The molecule has 0 saturated heterocycles. The molecule has 1 saturated carbocycles. The topological polar surface area (TPSA) is 53.1 Å². The molecule has 0 aliphatic heterocycles. The molecule has 0 spiro atoms. The van der Waals surface area contributed by atoms with Crippen LogP contribution in [0.25, 0.3) is 0 Å². The van der Waals surface area contributed by atoms with E-state index in [2.05, 4.69) is 24.1 Å². The van der Waals surface area contributed by atoms with Crippen molar-refractivity contribution in [3.05, 3.63) is 35.9 Å². The molecule has 19 heavy (non-hydrogen) atoms. The third-order valence-electron chi connectivity index (χ3n) is 4.12. The maximum Gasteiger partial charge on any atom is 0.0995 e. The lowest BCUT2D eigenvalue weighted by molar-refractivity contribution is 0.275. The first kappa shape index (κ1) is 14.1. The second kappa shape index (κ2) is 6.71. The van der Waals surface area contributed by atoms with E-state index >= 15 is 0 Å². The highest BCUT2D eigenvalue weighted by molar-refractivity contribution is 5.84. The molecule has 104 valence electrons. The number of nitrogens with zero attached hydrogens (tertiary/aromatic N) is 1. The molecule has 1 atom stereocenters. The SMILES string of the molecule is CN(CC1CCCC1)CC(C(=N)N)c1ccccc1. The highest BCUT2D eigenvalue weighted by atomic mass is 15.1. The highest BCUT2D eigenvalue weighted by Gasteiger charge is 2.21. The summed E-state index contributed by atoms with van der Waals surface area (Å²) in [5, 5.41) is 7.82. The van der Waals surface area contributed by atoms with Crippen molar-refractivity contribution >= 4 is 5.84 Å². The Balaban J connectivity index is 1.94. The van der Waals surface area contributed by atoms with E-state index in [1.807, 2.05) is 18.2 Å². The molecular formula is C16H25N3. The zero-order valence-electron chi connectivity index (χ0n) is 11.8. The summed E-state index contributed by atoms with van der Waals surface area (Å²) in [5.41, 5.74) is 6.93. The van der Waals surface area contributed by atoms with Crippen molar-refractivity contribution in [1.82, 2.24) is 4.90 Å². The van der Waals surface area contributed by atoms with E-state index in [1.54, 1.807) is 0 Å². The molecule has 0 radical (unpaired) electrons. The molecule has 0 aromatic heterocycles. The van der Waals surface area contributed by atoms with Crippen molar-refractivity contribution in [2.75, 3.05) is 20.1 Å². The molecule has 0 bridgehead atoms. The van der Waals surface area contributed by atoms with Gasteiger partial charge in [0.05, 0.1) is 11.8 Å². The van der Waals surface area contributed by atoms with Crippen LogP contribution >= 0.6 is 0 Å². The summed E-state index contributed by atoms with van der Waals surface area (Å²) in [6, 6.07) is 10.2. The van der Waals surface area contributed by atoms with E-state index in [4.69, 9.17) is 11.1 Å². The van der Waals surface area contributed by atoms with E-state index in [-0.39, 0.29) is 11.8 Å². The number of nitrogens with two attached hydrogens (primary N) is 1. The second-order valence-electron chi connectivity index (χ2n) is 5.79. The van der Waals surface area contributed by atoms with Crippen LogP contribution < -0.4 is 5.73 Å². The van der Waals surface area contributed by atoms with Crippen LogP contribution in [0.2, 0.25) is 0 Å². The first-order valence-electron chi connectivity index (χ1n) is 7.24. The molecule has 2 rings (SSSR count). The van der Waals surface area contributed by atoms with Gasteiger partial charge in [-0.15, -0.1) is 0 Å². The normalized spacial score (nSPS) is 17.8. The summed E-state index contributed by atoms with van der Waals surface area (Å²) in [5.74, 6) is 1.13. The molecule has 0 heterocycles. The summed E-state index contributed by atoms with van der Waals surface area (Å²) >= 11 is 0. The Hall–Kier alpha value is -1.35. The molecule has 1 aliphatic carbocycles. The van der Waals surface area contributed by atoms with E-state index in [0.29, 0.717) is 0 Å². The lowest BCUT2D eigenvalue weighted by Gasteiger charge is -2.26. The Morgan fingerprint density at radius 3 is 2.53 bits per heavy atom. The van der Waals surface area contributed by atoms with Crippen LogP contribution in [0.15, 0.2) is 30.3 Å². The van der Waals surface area contributed by atoms with Gasteiger partial charge in [0.1, 0.15) is 0 Å². The van der Waals surface area contributed by atoms with Gasteiger partial charge in [-0.3, -0.25) is 5.41 Å². The number of amidine groups is 1. The largest absolute Gasteiger partial charge is 0.387 e. The minimum Gasteiger partial charge on any atom is -0.387 e. The lowest BCUT2D eigenvalue weighted by Crippen LogP contribution is -2.34. The van der Waals surface area contributed by atoms with Gasteiger partial charge in [0.25, 0.3) is 0 Å². The van der Waals surface area contributed by atoms with Crippen molar-refractivity contribution in [2.24, 2.45) is 11.7 Å². The molecule has 3 N–H and O–H groups in total. The molecule has 1 aliphatic rings. The summed E-state index contributed by atoms with van der Waals surface area (Å²) in [4.78, 5) is 2.34. The fourth-order valence-corrected chi connectivity index (χ4v) is 3.09. The Kier molecular flexibility index (Phi) is 4.97. The monoisotopic (exact) mass is 259 g/mol. The molecule has 1 aromatic carbocycles. The van der Waals surface area contributed by atoms with Crippen molar-refractivity contribution < 1.29 is 0 Å². The Morgan fingerprint density at radius 1 is 1.32 bits per heavy atom. The minimum atomic E-state index is 0.0209. The number of likely N-dealkylation sites (N-methyl/N-ethyl adjacent to an activating group) is 1. The van der Waals surface area contributed by atoms with Crippen LogP contribution in [-0.4, -0.2) is 30.9 Å². The van der Waals surface area contributed by atoms with Gasteiger partial charge in [-0.05, 0) is 31.4 Å². The smallest absolute Gasteiger partial charge is 0.0995 e. The summed E-state index contributed by atoms with van der Waals surface area (Å²) in [6.45, 7) is 1.98. The fourth-order valence-electron chi connectivity index (χ4n) is 3.09. The summed E-state index contributed by atoms with van der Waals surface area (Å²) in [6.07, 6.45) is 5.49. The van der Waals surface area contributed by atoms with Gasteiger partial charge in [-0.1, -0.05) is 43.2 Å². The number of hydrogen-bond donors (Lipinski definition) is 2. The van der Waals surface area contributed by atoms with Crippen LogP contribution in [0.4, 0.5) is 0 Å². The highest BCUT2D eigenvalue weighted by Crippen LogP contribution is 2.26. The molecule has 1 unspecified atom stereocenters. The third-order valence-corrected chi connectivity index (χ3v) is 4.12. The standard InChI is InChI=1S/C16H25N3/c1-19(11-13-7-5-6-8-13)12-15(16(17)18)14-9-3-2-4-10-14/h2-4,9-10,13,15H,5-8,11-12H2,1H3,(H3,17,18). The van der Waals surface area contributed by atoms with Gasteiger partial charge in [0.2, 0.25) is 0 Å². The van der Waals surface area contributed by atoms with Gasteiger partial charge < -0.3 is 10.6 Å². The molecule has 1 aromatic rings. The second-order valence-corrected chi connectivity index (χ2v) is 5.79. The number of rotatable bonds is 6. The van der Waals surface area contributed by atoms with Crippen LogP contribution in [0.5, 0.6) is 0 Å². The zero-order valence-corrected chi connectivity index (χ0v) is 11.8. The number of hydrogen-bond acceptors (Lipinski definition) is 2. The lowest BCUT2D eigenvalue weighted by atomic mass is 9.97. The average molecular weight is 259 g/mol. The van der Waals surface area contributed by atoms with Gasteiger partial charge in [-0.25, -0.2) is 0 Å². The van der Waals surface area contributed by atoms with E-state index in [9.17, 15) is 0 Å². The van der Waals surface area contributed by atoms with Crippen LogP contribution in [0.3, 0.4) is 0 Å². The average Bonchev–Trinajstić information content (AvgIpc) is 2.89. The Bertz CT molecular complexity index is 396. The van der Waals surface area contributed by atoms with Gasteiger partial charge >= 0.3 is 0 Å². The van der Waals surface area contributed by atoms with E-state index < -0.39 is 0 Å². The predicted octanol–water partition coefficient (Wildman–Crippen LogP) is 2.83.